The van der Waals surface area contributed by atoms with Crippen LogP contribution >= 0.6 is 11.6 Å². The monoisotopic (exact) mass is 363 g/mol. The van der Waals surface area contributed by atoms with E-state index in [-0.39, 0.29) is 5.91 Å². The molecular formula is C22H18ClNO2. The Bertz CT molecular complexity index is 954. The molecule has 0 radical (unpaired) electrons. The third-order valence-electron chi connectivity index (χ3n) is 4.57. The molecule has 0 N–H and O–H groups in total. The van der Waals surface area contributed by atoms with Crippen LogP contribution in [0.2, 0.25) is 5.02 Å². The zero-order chi connectivity index (χ0) is 17.9. The van der Waals surface area contributed by atoms with Crippen LogP contribution in [0.3, 0.4) is 0 Å². The molecule has 3 aromatic carbocycles. The van der Waals surface area contributed by atoms with Crippen LogP contribution in [-0.4, -0.2) is 12.5 Å². The van der Waals surface area contributed by atoms with Crippen LogP contribution in [-0.2, 0) is 13.0 Å². The maximum atomic E-state index is 12.9. The number of anilines is 1. The maximum Gasteiger partial charge on any atom is 0.258 e. The van der Waals surface area contributed by atoms with Gasteiger partial charge >= 0.3 is 0 Å². The van der Waals surface area contributed by atoms with Gasteiger partial charge in [-0.25, -0.2) is 0 Å². The molecule has 0 bridgehead atoms. The maximum absolute atomic E-state index is 12.9. The van der Waals surface area contributed by atoms with Crippen molar-refractivity contribution in [2.75, 3.05) is 11.4 Å². The second kappa shape index (κ2) is 7.22. The first-order chi connectivity index (χ1) is 12.7. The number of fused-ring (bicyclic) bond motifs is 1. The molecule has 4 heteroatoms. The summed E-state index contributed by atoms with van der Waals surface area (Å²) in [5.41, 5.74) is 3.75. The van der Waals surface area contributed by atoms with Crippen molar-refractivity contribution in [1.29, 1.82) is 0 Å². The highest BCUT2D eigenvalue weighted by Crippen LogP contribution is 2.29. The summed E-state index contributed by atoms with van der Waals surface area (Å²) in [5.74, 6) is 0.654. The fraction of sp³-hybridized carbons (Fsp3) is 0.136. The summed E-state index contributed by atoms with van der Waals surface area (Å²) >= 11 is 6.17. The molecule has 1 heterocycles. The zero-order valence-electron chi connectivity index (χ0n) is 14.2. The van der Waals surface area contributed by atoms with Crippen LogP contribution < -0.4 is 9.64 Å². The first-order valence-corrected chi connectivity index (χ1v) is 8.96. The van der Waals surface area contributed by atoms with Gasteiger partial charge in [0.2, 0.25) is 0 Å². The Morgan fingerprint density at radius 1 is 1.00 bits per heavy atom. The molecule has 4 rings (SSSR count). The fourth-order valence-electron chi connectivity index (χ4n) is 3.20. The van der Waals surface area contributed by atoms with E-state index in [0.717, 1.165) is 17.7 Å². The van der Waals surface area contributed by atoms with E-state index in [9.17, 15) is 4.79 Å². The average Bonchev–Trinajstić information content (AvgIpc) is 3.11. The molecule has 0 atom stereocenters. The van der Waals surface area contributed by atoms with E-state index in [2.05, 4.69) is 6.07 Å². The number of amides is 1. The van der Waals surface area contributed by atoms with Crippen molar-refractivity contribution in [2.45, 2.75) is 13.0 Å². The van der Waals surface area contributed by atoms with Crippen molar-refractivity contribution in [1.82, 2.24) is 0 Å². The lowest BCUT2D eigenvalue weighted by Crippen LogP contribution is -2.28. The molecule has 0 saturated carbocycles. The highest BCUT2D eigenvalue weighted by Gasteiger charge is 2.25. The minimum Gasteiger partial charge on any atom is -0.489 e. The summed E-state index contributed by atoms with van der Waals surface area (Å²) in [7, 11) is 0. The van der Waals surface area contributed by atoms with E-state index >= 15 is 0 Å². The third-order valence-corrected chi connectivity index (χ3v) is 4.93. The number of rotatable bonds is 4. The standard InChI is InChI=1S/C22H18ClNO2/c23-20-10-3-1-7-18(20)15-26-19-9-5-8-17(14-19)22(25)24-13-12-16-6-2-4-11-21(16)24/h1-11,14H,12-13,15H2. The Morgan fingerprint density at radius 3 is 2.69 bits per heavy atom. The molecule has 0 saturated heterocycles. The van der Waals surface area contributed by atoms with E-state index in [1.54, 1.807) is 6.07 Å². The van der Waals surface area contributed by atoms with Gasteiger partial charge in [0, 0.05) is 28.4 Å². The first kappa shape index (κ1) is 16.7. The lowest BCUT2D eigenvalue weighted by Gasteiger charge is -2.18. The lowest BCUT2D eigenvalue weighted by molar-refractivity contribution is 0.0989. The van der Waals surface area contributed by atoms with Gasteiger partial charge in [0.15, 0.2) is 0 Å². The van der Waals surface area contributed by atoms with Crippen LogP contribution in [0.5, 0.6) is 5.75 Å². The first-order valence-electron chi connectivity index (χ1n) is 8.58. The molecule has 0 aromatic heterocycles. The van der Waals surface area contributed by atoms with Crippen molar-refractivity contribution in [3.05, 3.63) is 94.5 Å². The topological polar surface area (TPSA) is 29.5 Å². The summed E-state index contributed by atoms with van der Waals surface area (Å²) in [6, 6.07) is 22.9. The van der Waals surface area contributed by atoms with Gasteiger partial charge in [-0.2, -0.15) is 0 Å². The summed E-state index contributed by atoms with van der Waals surface area (Å²) in [4.78, 5) is 14.8. The molecule has 1 aliphatic heterocycles. The SMILES string of the molecule is O=C(c1cccc(OCc2ccccc2Cl)c1)N1CCc2ccccc21. The number of benzene rings is 3. The van der Waals surface area contributed by atoms with Gasteiger partial charge in [-0.3, -0.25) is 4.79 Å². The Balaban J connectivity index is 1.51. The number of carbonyl (C=O) groups is 1. The minimum absolute atomic E-state index is 0.00172. The molecule has 1 aliphatic rings. The Morgan fingerprint density at radius 2 is 1.81 bits per heavy atom. The van der Waals surface area contributed by atoms with E-state index < -0.39 is 0 Å². The van der Waals surface area contributed by atoms with Crippen LogP contribution in [0.25, 0.3) is 0 Å². The highest BCUT2D eigenvalue weighted by atomic mass is 35.5. The smallest absolute Gasteiger partial charge is 0.258 e. The summed E-state index contributed by atoms with van der Waals surface area (Å²) < 4.78 is 5.84. The fourth-order valence-corrected chi connectivity index (χ4v) is 3.39. The molecule has 1 amide bonds. The van der Waals surface area contributed by atoms with Gasteiger partial charge in [-0.1, -0.05) is 54.1 Å². The molecule has 0 spiro atoms. The molecule has 130 valence electrons. The number of carbonyl (C=O) groups excluding carboxylic acids is 1. The second-order valence-electron chi connectivity index (χ2n) is 6.24. The van der Waals surface area contributed by atoms with Crippen LogP contribution in [0.1, 0.15) is 21.5 Å². The normalized spacial score (nSPS) is 12.7. The quantitative estimate of drug-likeness (QED) is 0.643. The minimum atomic E-state index is -0.00172. The van der Waals surface area contributed by atoms with Crippen LogP contribution in [0.4, 0.5) is 5.69 Å². The summed E-state index contributed by atoms with van der Waals surface area (Å²) in [6.45, 7) is 1.08. The molecule has 0 aliphatic carbocycles. The summed E-state index contributed by atoms with van der Waals surface area (Å²) in [6.07, 6.45) is 0.893. The molecule has 3 aromatic rings. The highest BCUT2D eigenvalue weighted by molar-refractivity contribution is 6.31. The average molecular weight is 364 g/mol. The lowest BCUT2D eigenvalue weighted by atomic mass is 10.1. The van der Waals surface area contributed by atoms with Gasteiger partial charge in [0.25, 0.3) is 5.91 Å². The number of hydrogen-bond donors (Lipinski definition) is 0. The van der Waals surface area contributed by atoms with E-state index in [0.29, 0.717) is 29.5 Å². The van der Waals surface area contributed by atoms with Gasteiger partial charge in [0.1, 0.15) is 12.4 Å². The second-order valence-corrected chi connectivity index (χ2v) is 6.65. The number of hydrogen-bond acceptors (Lipinski definition) is 2. The number of nitrogens with zero attached hydrogens (tertiary/aromatic N) is 1. The molecule has 0 fully saturated rings. The van der Waals surface area contributed by atoms with Crippen molar-refractivity contribution in [3.8, 4) is 5.75 Å². The Hall–Kier alpha value is -2.78. The predicted octanol–water partition coefficient (Wildman–Crippen LogP) is 5.12. The van der Waals surface area contributed by atoms with E-state index in [1.165, 1.54) is 5.56 Å². The van der Waals surface area contributed by atoms with Crippen molar-refractivity contribution >= 4 is 23.2 Å². The van der Waals surface area contributed by atoms with Crippen LogP contribution in [0, 0.1) is 0 Å². The van der Waals surface area contributed by atoms with Crippen molar-refractivity contribution in [2.24, 2.45) is 0 Å². The van der Waals surface area contributed by atoms with Gasteiger partial charge in [-0.05, 0) is 42.3 Å². The molecule has 26 heavy (non-hydrogen) atoms. The number of ether oxygens (including phenoxy) is 1. The van der Waals surface area contributed by atoms with Crippen molar-refractivity contribution in [3.63, 3.8) is 0 Å². The van der Waals surface area contributed by atoms with Gasteiger partial charge in [-0.15, -0.1) is 0 Å². The predicted molar refractivity (Wildman–Crippen MR) is 104 cm³/mol. The molecular weight excluding hydrogens is 346 g/mol. The Labute approximate surface area is 157 Å². The van der Waals surface area contributed by atoms with E-state index in [1.807, 2.05) is 65.6 Å². The Kier molecular flexibility index (Phi) is 4.63. The zero-order valence-corrected chi connectivity index (χ0v) is 14.9. The number of para-hydroxylation sites is 1. The third kappa shape index (κ3) is 3.31. The molecule has 3 nitrogen and oxygen atoms in total. The van der Waals surface area contributed by atoms with E-state index in [4.69, 9.17) is 16.3 Å². The molecule has 0 unspecified atom stereocenters. The number of halogens is 1. The largest absolute Gasteiger partial charge is 0.489 e. The van der Waals surface area contributed by atoms with Crippen LogP contribution in [0.15, 0.2) is 72.8 Å². The van der Waals surface area contributed by atoms with Gasteiger partial charge in [0.05, 0.1) is 0 Å². The van der Waals surface area contributed by atoms with Gasteiger partial charge < -0.3 is 9.64 Å². The summed E-state index contributed by atoms with van der Waals surface area (Å²) in [5, 5.41) is 0.674. The van der Waals surface area contributed by atoms with Crippen molar-refractivity contribution < 1.29 is 9.53 Å².